The highest BCUT2D eigenvalue weighted by Gasteiger charge is 2.41. The Labute approximate surface area is 127 Å². The van der Waals surface area contributed by atoms with Crippen LogP contribution in [0.1, 0.15) is 39.5 Å². The number of nitrogens with one attached hydrogen (secondary N) is 1. The Hall–Kier alpha value is -1.12. The predicted octanol–water partition coefficient (Wildman–Crippen LogP) is 1.54. The van der Waals surface area contributed by atoms with Gasteiger partial charge in [-0.05, 0) is 18.8 Å². The molecule has 1 heterocycles. The van der Waals surface area contributed by atoms with Crippen molar-refractivity contribution < 1.29 is 9.53 Å². The summed E-state index contributed by atoms with van der Waals surface area (Å²) in [5.74, 6) is 0.533. The molecule has 2 fully saturated rings. The van der Waals surface area contributed by atoms with Crippen LogP contribution < -0.4 is 5.32 Å². The molecule has 1 aliphatic heterocycles. The Bertz CT molecular complexity index is 397. The molecule has 1 saturated carbocycles. The Kier molecular flexibility index (Phi) is 5.60. The van der Waals surface area contributed by atoms with Gasteiger partial charge < -0.3 is 10.1 Å². The van der Waals surface area contributed by atoms with E-state index in [4.69, 9.17) is 4.74 Å². The lowest BCUT2D eigenvalue weighted by atomic mass is 9.87. The molecule has 21 heavy (non-hydrogen) atoms. The van der Waals surface area contributed by atoms with Gasteiger partial charge >= 0.3 is 0 Å². The maximum atomic E-state index is 12.3. The van der Waals surface area contributed by atoms with Gasteiger partial charge in [0.1, 0.15) is 5.41 Å². The van der Waals surface area contributed by atoms with Gasteiger partial charge in [-0.3, -0.25) is 9.69 Å². The molecule has 1 amide bonds. The van der Waals surface area contributed by atoms with Gasteiger partial charge in [-0.1, -0.05) is 26.7 Å². The molecule has 2 rings (SSSR count). The van der Waals surface area contributed by atoms with E-state index >= 15 is 0 Å². The van der Waals surface area contributed by atoms with Crippen molar-refractivity contribution in [3.05, 3.63) is 0 Å². The van der Waals surface area contributed by atoms with Crippen LogP contribution in [0, 0.1) is 22.7 Å². The third kappa shape index (κ3) is 4.18. The second kappa shape index (κ2) is 7.24. The number of rotatable bonds is 5. The summed E-state index contributed by atoms with van der Waals surface area (Å²) >= 11 is 0. The van der Waals surface area contributed by atoms with Crippen molar-refractivity contribution in [2.24, 2.45) is 11.3 Å². The van der Waals surface area contributed by atoms with Crippen molar-refractivity contribution in [3.8, 4) is 6.07 Å². The number of carbonyl (C=O) groups is 1. The molecule has 0 bridgehead atoms. The van der Waals surface area contributed by atoms with E-state index in [9.17, 15) is 10.1 Å². The van der Waals surface area contributed by atoms with E-state index in [2.05, 4.69) is 30.1 Å². The highest BCUT2D eigenvalue weighted by molar-refractivity contribution is 5.85. The highest BCUT2D eigenvalue weighted by Crippen LogP contribution is 2.37. The van der Waals surface area contributed by atoms with Crippen LogP contribution in [-0.2, 0) is 9.53 Å². The van der Waals surface area contributed by atoms with Gasteiger partial charge in [0, 0.05) is 26.2 Å². The molecule has 0 spiro atoms. The SMILES string of the molecule is CC(C)CN1CCOC(CNC(=O)C2(C#N)CCCC2)C1. The summed E-state index contributed by atoms with van der Waals surface area (Å²) in [7, 11) is 0. The molecule has 0 aromatic heterocycles. The summed E-state index contributed by atoms with van der Waals surface area (Å²) in [4.78, 5) is 14.7. The maximum Gasteiger partial charge on any atom is 0.240 e. The van der Waals surface area contributed by atoms with Crippen molar-refractivity contribution in [1.82, 2.24) is 10.2 Å². The number of ether oxygens (including phenoxy) is 1. The Morgan fingerprint density at radius 3 is 2.81 bits per heavy atom. The molecule has 0 aromatic rings. The summed E-state index contributed by atoms with van der Waals surface area (Å²) < 4.78 is 5.73. The Balaban J connectivity index is 1.80. The van der Waals surface area contributed by atoms with Crippen LogP contribution in [0.25, 0.3) is 0 Å². The van der Waals surface area contributed by atoms with Crippen LogP contribution in [-0.4, -0.2) is 49.7 Å². The topological polar surface area (TPSA) is 65.4 Å². The van der Waals surface area contributed by atoms with Crippen LogP contribution in [0.2, 0.25) is 0 Å². The van der Waals surface area contributed by atoms with Gasteiger partial charge in [-0.25, -0.2) is 0 Å². The summed E-state index contributed by atoms with van der Waals surface area (Å²) in [6.45, 7) is 8.54. The third-order valence-corrected chi connectivity index (χ3v) is 4.44. The van der Waals surface area contributed by atoms with E-state index in [0.29, 0.717) is 25.3 Å². The summed E-state index contributed by atoms with van der Waals surface area (Å²) in [5, 5.41) is 12.3. The monoisotopic (exact) mass is 293 g/mol. The predicted molar refractivity (Wildman–Crippen MR) is 80.5 cm³/mol. The van der Waals surface area contributed by atoms with Crippen LogP contribution in [0.5, 0.6) is 0 Å². The van der Waals surface area contributed by atoms with Gasteiger partial charge in [-0.15, -0.1) is 0 Å². The first-order valence-corrected chi connectivity index (χ1v) is 8.09. The number of amides is 1. The molecule has 5 nitrogen and oxygen atoms in total. The van der Waals surface area contributed by atoms with Gasteiger partial charge in [0.05, 0.1) is 18.8 Å². The average molecular weight is 293 g/mol. The smallest absolute Gasteiger partial charge is 0.240 e. The van der Waals surface area contributed by atoms with Crippen molar-refractivity contribution >= 4 is 5.91 Å². The molecule has 0 aromatic carbocycles. The van der Waals surface area contributed by atoms with Crippen LogP contribution in [0.4, 0.5) is 0 Å². The van der Waals surface area contributed by atoms with Gasteiger partial charge in [0.15, 0.2) is 0 Å². The second-order valence-electron chi connectivity index (χ2n) is 6.76. The fourth-order valence-corrected chi connectivity index (χ4v) is 3.33. The van der Waals surface area contributed by atoms with Gasteiger partial charge in [0.2, 0.25) is 5.91 Å². The zero-order chi connectivity index (χ0) is 15.3. The second-order valence-corrected chi connectivity index (χ2v) is 6.76. The molecule has 1 aliphatic carbocycles. The van der Waals surface area contributed by atoms with Crippen molar-refractivity contribution in [2.45, 2.75) is 45.6 Å². The van der Waals surface area contributed by atoms with E-state index in [0.717, 1.165) is 39.1 Å². The number of nitrogens with zero attached hydrogens (tertiary/aromatic N) is 2. The molecule has 5 heteroatoms. The summed E-state index contributed by atoms with van der Waals surface area (Å²) in [6.07, 6.45) is 3.38. The minimum atomic E-state index is -0.785. The standard InChI is InChI=1S/C16H27N3O2/c1-13(2)10-19-7-8-21-14(11-19)9-18-15(20)16(12-17)5-3-4-6-16/h13-14H,3-11H2,1-2H3,(H,18,20). The van der Waals surface area contributed by atoms with Crippen LogP contribution in [0.3, 0.4) is 0 Å². The molecule has 1 atom stereocenters. The largest absolute Gasteiger partial charge is 0.374 e. The molecule has 1 saturated heterocycles. The highest BCUT2D eigenvalue weighted by atomic mass is 16.5. The Morgan fingerprint density at radius 2 is 2.19 bits per heavy atom. The zero-order valence-corrected chi connectivity index (χ0v) is 13.2. The van der Waals surface area contributed by atoms with E-state index in [1.807, 2.05) is 0 Å². The van der Waals surface area contributed by atoms with Crippen LogP contribution in [0.15, 0.2) is 0 Å². The molecule has 118 valence electrons. The number of hydrogen-bond acceptors (Lipinski definition) is 4. The van der Waals surface area contributed by atoms with Crippen molar-refractivity contribution in [1.29, 1.82) is 5.26 Å². The van der Waals surface area contributed by atoms with Crippen molar-refractivity contribution in [3.63, 3.8) is 0 Å². The molecular weight excluding hydrogens is 266 g/mol. The first kappa shape index (κ1) is 16.3. The van der Waals surface area contributed by atoms with Gasteiger partial charge in [-0.2, -0.15) is 5.26 Å². The molecule has 0 radical (unpaired) electrons. The molecule has 1 N–H and O–H groups in total. The quantitative estimate of drug-likeness (QED) is 0.835. The van der Waals surface area contributed by atoms with E-state index < -0.39 is 5.41 Å². The first-order valence-electron chi connectivity index (χ1n) is 8.09. The number of nitriles is 1. The van der Waals surface area contributed by atoms with Crippen molar-refractivity contribution in [2.75, 3.05) is 32.8 Å². The summed E-state index contributed by atoms with van der Waals surface area (Å²) in [6, 6.07) is 2.24. The number of carbonyl (C=O) groups excluding carboxylic acids is 1. The number of hydrogen-bond donors (Lipinski definition) is 1. The molecule has 2 aliphatic rings. The summed E-state index contributed by atoms with van der Waals surface area (Å²) in [5.41, 5.74) is -0.785. The Morgan fingerprint density at radius 1 is 1.48 bits per heavy atom. The lowest BCUT2D eigenvalue weighted by Gasteiger charge is -2.34. The fourth-order valence-electron chi connectivity index (χ4n) is 3.33. The minimum absolute atomic E-state index is 0.0404. The van der Waals surface area contributed by atoms with Gasteiger partial charge in [0.25, 0.3) is 0 Å². The minimum Gasteiger partial charge on any atom is -0.374 e. The van der Waals surface area contributed by atoms with E-state index in [1.165, 1.54) is 0 Å². The van der Waals surface area contributed by atoms with Crippen LogP contribution >= 0.6 is 0 Å². The normalized spacial score (nSPS) is 25.7. The fraction of sp³-hybridized carbons (Fsp3) is 0.875. The molecule has 1 unspecified atom stereocenters. The lowest BCUT2D eigenvalue weighted by molar-refractivity contribution is -0.129. The third-order valence-electron chi connectivity index (χ3n) is 4.44. The lowest BCUT2D eigenvalue weighted by Crippen LogP contribution is -2.50. The van der Waals surface area contributed by atoms with E-state index in [1.54, 1.807) is 0 Å². The maximum absolute atomic E-state index is 12.3. The average Bonchev–Trinajstić information content (AvgIpc) is 2.94. The van der Waals surface area contributed by atoms with E-state index in [-0.39, 0.29) is 12.0 Å². The molecular formula is C16H27N3O2. The number of morpholine rings is 1. The zero-order valence-electron chi connectivity index (χ0n) is 13.2. The first-order chi connectivity index (χ1) is 10.1.